The summed E-state index contributed by atoms with van der Waals surface area (Å²) in [5, 5.41) is 2.87. The molecule has 15 heavy (non-hydrogen) atoms. The Hall–Kier alpha value is -0.900. The molecule has 0 atom stereocenters. The van der Waals surface area contributed by atoms with E-state index in [-0.39, 0.29) is 18.6 Å². The smallest absolute Gasteiger partial charge is 0.246 e. The van der Waals surface area contributed by atoms with Crippen molar-refractivity contribution in [2.24, 2.45) is 0 Å². The van der Waals surface area contributed by atoms with Gasteiger partial charge in [0.2, 0.25) is 5.91 Å². The van der Waals surface area contributed by atoms with Crippen molar-refractivity contribution in [1.82, 2.24) is 5.32 Å². The Morgan fingerprint density at radius 2 is 1.93 bits per heavy atom. The first-order valence-corrected chi connectivity index (χ1v) is 5.66. The van der Waals surface area contributed by atoms with Crippen LogP contribution in [0.3, 0.4) is 0 Å². The van der Waals surface area contributed by atoms with Gasteiger partial charge in [-0.25, -0.2) is 0 Å². The van der Waals surface area contributed by atoms with E-state index in [1.165, 1.54) is 0 Å². The molecule has 2 aliphatic carbocycles. The Bertz CT molecular complexity index is 251. The summed E-state index contributed by atoms with van der Waals surface area (Å²) in [7, 11) is 0. The molecule has 2 fully saturated rings. The summed E-state index contributed by atoms with van der Waals surface area (Å²) in [5.74, 6) is 0.298. The number of nitrogens with one attached hydrogen (secondary N) is 1. The first-order valence-electron chi connectivity index (χ1n) is 5.66. The monoisotopic (exact) mass is 211 g/mol. The van der Waals surface area contributed by atoms with Gasteiger partial charge in [0.05, 0.1) is 6.10 Å². The van der Waals surface area contributed by atoms with Crippen LogP contribution >= 0.6 is 0 Å². The van der Waals surface area contributed by atoms with Gasteiger partial charge >= 0.3 is 0 Å². The summed E-state index contributed by atoms with van der Waals surface area (Å²) in [6.45, 7) is 0.148. The number of amides is 1. The highest BCUT2D eigenvalue weighted by Gasteiger charge is 2.24. The number of hydrogen-bond acceptors (Lipinski definition) is 3. The molecule has 0 heterocycles. The zero-order valence-electron chi connectivity index (χ0n) is 8.83. The first-order chi connectivity index (χ1) is 7.24. The zero-order chi connectivity index (χ0) is 10.7. The van der Waals surface area contributed by atoms with Crippen LogP contribution in [0.2, 0.25) is 0 Å². The van der Waals surface area contributed by atoms with E-state index >= 15 is 0 Å². The average molecular weight is 211 g/mol. The number of ketones is 1. The predicted octanol–water partition coefficient (Wildman–Crippen LogP) is 0.793. The number of carbonyl (C=O) groups is 2. The second-order valence-electron chi connectivity index (χ2n) is 4.39. The second kappa shape index (κ2) is 4.75. The third kappa shape index (κ3) is 3.63. The van der Waals surface area contributed by atoms with Crippen LogP contribution in [0.5, 0.6) is 0 Å². The summed E-state index contributed by atoms with van der Waals surface area (Å²) in [6.07, 6.45) is 5.06. The van der Waals surface area contributed by atoms with Crippen LogP contribution < -0.4 is 5.32 Å². The van der Waals surface area contributed by atoms with E-state index in [1.54, 1.807) is 0 Å². The molecule has 0 saturated heterocycles. The fraction of sp³-hybridized carbons (Fsp3) is 0.818. The van der Waals surface area contributed by atoms with E-state index in [9.17, 15) is 9.59 Å². The van der Waals surface area contributed by atoms with Gasteiger partial charge < -0.3 is 10.1 Å². The molecule has 4 nitrogen and oxygen atoms in total. The van der Waals surface area contributed by atoms with Gasteiger partial charge in [-0.05, 0) is 25.7 Å². The molecular weight excluding hydrogens is 194 g/mol. The number of carbonyl (C=O) groups excluding carboxylic acids is 2. The molecule has 2 aliphatic rings. The normalized spacial score (nSPS) is 22.8. The number of ether oxygens (including phenoxy) is 1. The minimum absolute atomic E-state index is 0.0191. The van der Waals surface area contributed by atoms with Gasteiger partial charge in [-0.3, -0.25) is 9.59 Å². The van der Waals surface area contributed by atoms with Crippen LogP contribution in [-0.4, -0.2) is 30.4 Å². The third-order valence-corrected chi connectivity index (χ3v) is 2.88. The Morgan fingerprint density at radius 3 is 2.53 bits per heavy atom. The van der Waals surface area contributed by atoms with Crippen molar-refractivity contribution in [1.29, 1.82) is 0 Å². The lowest BCUT2D eigenvalue weighted by Crippen LogP contribution is -2.32. The highest BCUT2D eigenvalue weighted by molar-refractivity contribution is 5.79. The second-order valence-corrected chi connectivity index (χ2v) is 4.39. The Morgan fingerprint density at radius 1 is 1.27 bits per heavy atom. The highest BCUT2D eigenvalue weighted by Crippen LogP contribution is 2.19. The van der Waals surface area contributed by atoms with Crippen molar-refractivity contribution in [3.05, 3.63) is 0 Å². The van der Waals surface area contributed by atoms with Gasteiger partial charge in [0.15, 0.2) is 0 Å². The molecule has 4 heteroatoms. The molecule has 0 radical (unpaired) electrons. The predicted molar refractivity (Wildman–Crippen MR) is 54.4 cm³/mol. The lowest BCUT2D eigenvalue weighted by molar-refractivity contribution is -0.130. The van der Waals surface area contributed by atoms with Gasteiger partial charge in [-0.1, -0.05) is 0 Å². The van der Waals surface area contributed by atoms with Gasteiger partial charge in [-0.2, -0.15) is 0 Å². The van der Waals surface area contributed by atoms with Crippen molar-refractivity contribution in [3.8, 4) is 0 Å². The third-order valence-electron chi connectivity index (χ3n) is 2.88. The van der Waals surface area contributed by atoms with Crippen LogP contribution in [-0.2, 0) is 14.3 Å². The Kier molecular flexibility index (Phi) is 3.36. The summed E-state index contributed by atoms with van der Waals surface area (Å²) >= 11 is 0. The van der Waals surface area contributed by atoms with Gasteiger partial charge in [0.25, 0.3) is 0 Å². The largest absolute Gasteiger partial charge is 0.368 e. The average Bonchev–Trinajstić information content (AvgIpc) is 3.01. The fourth-order valence-corrected chi connectivity index (χ4v) is 1.77. The number of hydrogen-bond donors (Lipinski definition) is 1. The zero-order valence-corrected chi connectivity index (χ0v) is 8.83. The van der Waals surface area contributed by atoms with Crippen molar-refractivity contribution in [2.45, 2.75) is 50.7 Å². The molecule has 0 aromatic rings. The maximum Gasteiger partial charge on any atom is 0.246 e. The number of rotatable bonds is 4. The van der Waals surface area contributed by atoms with E-state index in [0.717, 1.165) is 25.7 Å². The maximum absolute atomic E-state index is 11.3. The first kappa shape index (κ1) is 10.6. The molecule has 0 aromatic heterocycles. The van der Waals surface area contributed by atoms with Gasteiger partial charge in [-0.15, -0.1) is 0 Å². The number of Topliss-reactive ketones (excluding diaryl/α,β-unsaturated/α-hetero) is 1. The summed E-state index contributed by atoms with van der Waals surface area (Å²) in [4.78, 5) is 22.3. The van der Waals surface area contributed by atoms with Crippen LogP contribution in [0.25, 0.3) is 0 Å². The molecule has 1 N–H and O–H groups in total. The minimum Gasteiger partial charge on any atom is -0.368 e. The molecule has 0 bridgehead atoms. The van der Waals surface area contributed by atoms with Crippen molar-refractivity contribution in [3.63, 3.8) is 0 Å². The lowest BCUT2D eigenvalue weighted by Gasteiger charge is -2.20. The molecule has 2 rings (SSSR count). The van der Waals surface area contributed by atoms with Crippen LogP contribution in [0, 0.1) is 0 Å². The standard InChI is InChI=1S/C11H17NO3/c13-9-3-5-10(6-4-9)15-7-11(14)12-8-1-2-8/h8,10H,1-7H2,(H,12,14). The van der Waals surface area contributed by atoms with E-state index < -0.39 is 0 Å². The maximum atomic E-state index is 11.3. The SMILES string of the molecule is O=C1CCC(OCC(=O)NC2CC2)CC1. The van der Waals surface area contributed by atoms with Gasteiger partial charge in [0.1, 0.15) is 12.4 Å². The molecule has 0 spiro atoms. The van der Waals surface area contributed by atoms with Crippen molar-refractivity contribution in [2.75, 3.05) is 6.61 Å². The summed E-state index contributed by atoms with van der Waals surface area (Å²) < 4.78 is 5.46. The van der Waals surface area contributed by atoms with Crippen LogP contribution in [0.4, 0.5) is 0 Å². The molecular formula is C11H17NO3. The summed E-state index contributed by atoms with van der Waals surface area (Å²) in [6, 6.07) is 0.397. The molecule has 2 saturated carbocycles. The van der Waals surface area contributed by atoms with E-state index in [0.29, 0.717) is 24.7 Å². The Balaban J connectivity index is 1.60. The quantitative estimate of drug-likeness (QED) is 0.748. The molecule has 84 valence electrons. The van der Waals surface area contributed by atoms with Crippen molar-refractivity contribution < 1.29 is 14.3 Å². The minimum atomic E-state index is -0.0191. The molecule has 0 aromatic carbocycles. The van der Waals surface area contributed by atoms with Crippen molar-refractivity contribution >= 4 is 11.7 Å². The van der Waals surface area contributed by atoms with Crippen LogP contribution in [0.15, 0.2) is 0 Å². The van der Waals surface area contributed by atoms with Gasteiger partial charge in [0, 0.05) is 18.9 Å². The van der Waals surface area contributed by atoms with E-state index in [1.807, 2.05) is 0 Å². The molecule has 1 amide bonds. The highest BCUT2D eigenvalue weighted by atomic mass is 16.5. The molecule has 0 unspecified atom stereocenters. The fourth-order valence-electron chi connectivity index (χ4n) is 1.77. The topological polar surface area (TPSA) is 55.4 Å². The lowest BCUT2D eigenvalue weighted by atomic mass is 9.96. The van der Waals surface area contributed by atoms with E-state index in [4.69, 9.17) is 4.74 Å². The summed E-state index contributed by atoms with van der Waals surface area (Å²) in [5.41, 5.74) is 0. The molecule has 0 aliphatic heterocycles. The van der Waals surface area contributed by atoms with Crippen LogP contribution in [0.1, 0.15) is 38.5 Å². The van der Waals surface area contributed by atoms with E-state index in [2.05, 4.69) is 5.32 Å². The Labute approximate surface area is 89.4 Å².